The molecule has 1 aliphatic heterocycles. The number of aromatic nitrogens is 1. The molecule has 2 aliphatic rings. The molecule has 1 aromatic heterocycles. The zero-order chi connectivity index (χ0) is 20.4. The van der Waals surface area contributed by atoms with E-state index in [9.17, 15) is 9.59 Å². The Hall–Kier alpha value is -2.73. The van der Waals surface area contributed by atoms with Crippen molar-refractivity contribution in [2.75, 3.05) is 18.4 Å². The molecule has 2 aromatic rings. The Bertz CT molecular complexity index is 1010. The Morgan fingerprint density at radius 3 is 2.76 bits per heavy atom. The highest BCUT2D eigenvalue weighted by atomic mass is 32.1. The van der Waals surface area contributed by atoms with Gasteiger partial charge in [-0.15, -0.1) is 11.3 Å². The van der Waals surface area contributed by atoms with Crippen molar-refractivity contribution in [3.63, 3.8) is 0 Å². The van der Waals surface area contributed by atoms with Crippen molar-refractivity contribution in [2.45, 2.75) is 39.5 Å². The molecule has 0 saturated carbocycles. The minimum atomic E-state index is -0.0707. The van der Waals surface area contributed by atoms with Gasteiger partial charge in [0.25, 0.3) is 0 Å². The second-order valence-corrected chi connectivity index (χ2v) is 8.64. The standard InChI is InChI=1S/C23H25N3O2S/c1-15-5-8-19(16(2)11-15)24-21(27)13-22-25-20(14-29-22)17-6-7-18(12-17)23(28)26-9-3-4-10-26/h5-6,8,11-12,14H,3-4,7,9-10,13H2,1-2H3,(H,24,27). The first-order valence-electron chi connectivity index (χ1n) is 10.0. The van der Waals surface area contributed by atoms with Crippen molar-refractivity contribution in [3.05, 3.63) is 63.1 Å². The van der Waals surface area contributed by atoms with Crippen LogP contribution in [0.1, 0.15) is 41.1 Å². The Kier molecular flexibility index (Phi) is 5.62. The molecule has 6 heteroatoms. The third-order valence-electron chi connectivity index (χ3n) is 5.35. The maximum Gasteiger partial charge on any atom is 0.250 e. The van der Waals surface area contributed by atoms with Gasteiger partial charge in [0.15, 0.2) is 0 Å². The van der Waals surface area contributed by atoms with E-state index in [0.29, 0.717) is 6.42 Å². The van der Waals surface area contributed by atoms with Crippen LogP contribution in [-0.4, -0.2) is 34.8 Å². The first-order chi connectivity index (χ1) is 14.0. The van der Waals surface area contributed by atoms with E-state index in [2.05, 4.69) is 22.4 Å². The van der Waals surface area contributed by atoms with Gasteiger partial charge < -0.3 is 10.2 Å². The predicted molar refractivity (Wildman–Crippen MR) is 117 cm³/mol. The van der Waals surface area contributed by atoms with Gasteiger partial charge in [-0.25, -0.2) is 4.98 Å². The monoisotopic (exact) mass is 407 g/mol. The summed E-state index contributed by atoms with van der Waals surface area (Å²) < 4.78 is 0. The van der Waals surface area contributed by atoms with E-state index in [0.717, 1.165) is 59.0 Å². The van der Waals surface area contributed by atoms with Crippen LogP contribution < -0.4 is 5.32 Å². The summed E-state index contributed by atoms with van der Waals surface area (Å²) >= 11 is 1.48. The number of rotatable bonds is 5. The van der Waals surface area contributed by atoms with Gasteiger partial charge in [0.2, 0.25) is 11.8 Å². The minimum absolute atomic E-state index is 0.0707. The van der Waals surface area contributed by atoms with Gasteiger partial charge in [0.1, 0.15) is 5.01 Å². The van der Waals surface area contributed by atoms with Crippen LogP contribution in [-0.2, 0) is 16.0 Å². The minimum Gasteiger partial charge on any atom is -0.339 e. The first kappa shape index (κ1) is 19.6. The molecular formula is C23H25N3O2S. The van der Waals surface area contributed by atoms with Crippen molar-refractivity contribution < 1.29 is 9.59 Å². The van der Waals surface area contributed by atoms with Crippen molar-refractivity contribution in [1.29, 1.82) is 0 Å². The van der Waals surface area contributed by atoms with Gasteiger partial charge in [0, 0.05) is 29.7 Å². The zero-order valence-electron chi connectivity index (χ0n) is 16.8. The third kappa shape index (κ3) is 4.48. The largest absolute Gasteiger partial charge is 0.339 e. The van der Waals surface area contributed by atoms with Crippen LogP contribution in [0.25, 0.3) is 5.57 Å². The summed E-state index contributed by atoms with van der Waals surface area (Å²) in [5.41, 5.74) is 5.71. The Labute approximate surface area is 175 Å². The summed E-state index contributed by atoms with van der Waals surface area (Å²) in [5.74, 6) is 0.0794. The summed E-state index contributed by atoms with van der Waals surface area (Å²) in [5, 5.41) is 5.71. The lowest BCUT2D eigenvalue weighted by atomic mass is 10.1. The normalized spacial score (nSPS) is 16.0. The number of thiazole rings is 1. The van der Waals surface area contributed by atoms with Crippen LogP contribution in [0.15, 0.2) is 41.3 Å². The van der Waals surface area contributed by atoms with Crippen LogP contribution in [0.5, 0.6) is 0 Å². The molecule has 0 atom stereocenters. The molecule has 4 rings (SSSR count). The highest BCUT2D eigenvalue weighted by Crippen LogP contribution is 2.29. The van der Waals surface area contributed by atoms with Crippen LogP contribution in [0.3, 0.4) is 0 Å². The number of carbonyl (C=O) groups excluding carboxylic acids is 2. The maximum atomic E-state index is 12.6. The Morgan fingerprint density at radius 1 is 1.21 bits per heavy atom. The average Bonchev–Trinajstić information content (AvgIpc) is 3.44. The molecule has 0 unspecified atom stereocenters. The summed E-state index contributed by atoms with van der Waals surface area (Å²) in [7, 11) is 0. The average molecular weight is 408 g/mol. The zero-order valence-corrected chi connectivity index (χ0v) is 17.6. The number of anilines is 1. The molecule has 1 fully saturated rings. The van der Waals surface area contributed by atoms with E-state index in [-0.39, 0.29) is 18.2 Å². The second kappa shape index (κ2) is 8.33. The SMILES string of the molecule is Cc1ccc(NC(=O)Cc2nc(C3=CCC(C(=O)N4CCCC4)=C3)cs2)c(C)c1. The van der Waals surface area contributed by atoms with Gasteiger partial charge in [-0.2, -0.15) is 0 Å². The van der Waals surface area contributed by atoms with Gasteiger partial charge in [-0.3, -0.25) is 9.59 Å². The van der Waals surface area contributed by atoms with Gasteiger partial charge in [-0.05, 0) is 56.4 Å². The summed E-state index contributed by atoms with van der Waals surface area (Å²) in [6.45, 7) is 5.75. The number of benzene rings is 1. The number of carbonyl (C=O) groups is 2. The summed E-state index contributed by atoms with van der Waals surface area (Å²) in [6, 6.07) is 5.98. The number of nitrogens with zero attached hydrogens (tertiary/aromatic N) is 2. The lowest BCUT2D eigenvalue weighted by Gasteiger charge is -2.15. The van der Waals surface area contributed by atoms with Gasteiger partial charge in [-0.1, -0.05) is 23.8 Å². The van der Waals surface area contributed by atoms with Gasteiger partial charge >= 0.3 is 0 Å². The molecule has 0 radical (unpaired) electrons. The number of allylic oxidation sites excluding steroid dienone is 3. The molecule has 0 spiro atoms. The molecule has 1 N–H and O–H groups in total. The Balaban J connectivity index is 1.38. The van der Waals surface area contributed by atoms with E-state index >= 15 is 0 Å². The molecule has 2 heterocycles. The number of likely N-dealkylation sites (tertiary alicyclic amines) is 1. The molecule has 29 heavy (non-hydrogen) atoms. The lowest BCUT2D eigenvalue weighted by Crippen LogP contribution is -2.28. The van der Waals surface area contributed by atoms with E-state index in [1.807, 2.05) is 42.3 Å². The van der Waals surface area contributed by atoms with Crippen molar-refractivity contribution in [1.82, 2.24) is 9.88 Å². The van der Waals surface area contributed by atoms with Crippen LogP contribution >= 0.6 is 11.3 Å². The van der Waals surface area contributed by atoms with Gasteiger partial charge in [0.05, 0.1) is 12.1 Å². The highest BCUT2D eigenvalue weighted by molar-refractivity contribution is 7.09. The van der Waals surface area contributed by atoms with E-state index in [4.69, 9.17) is 0 Å². The number of amides is 2. The molecule has 2 amide bonds. The summed E-state index contributed by atoms with van der Waals surface area (Å²) in [4.78, 5) is 31.5. The summed E-state index contributed by atoms with van der Waals surface area (Å²) in [6.07, 6.45) is 7.10. The molecule has 150 valence electrons. The number of aryl methyl sites for hydroxylation is 2. The molecular weight excluding hydrogens is 382 g/mol. The maximum absolute atomic E-state index is 12.6. The van der Waals surface area contributed by atoms with E-state index < -0.39 is 0 Å². The first-order valence-corrected chi connectivity index (χ1v) is 10.9. The lowest BCUT2D eigenvalue weighted by molar-refractivity contribution is -0.126. The van der Waals surface area contributed by atoms with Crippen LogP contribution in [0.4, 0.5) is 5.69 Å². The topological polar surface area (TPSA) is 62.3 Å². The number of hydrogen-bond acceptors (Lipinski definition) is 4. The molecule has 5 nitrogen and oxygen atoms in total. The quantitative estimate of drug-likeness (QED) is 0.805. The fourth-order valence-electron chi connectivity index (χ4n) is 3.79. The number of nitrogens with one attached hydrogen (secondary N) is 1. The van der Waals surface area contributed by atoms with E-state index in [1.54, 1.807) is 0 Å². The van der Waals surface area contributed by atoms with Crippen molar-refractivity contribution in [3.8, 4) is 0 Å². The smallest absolute Gasteiger partial charge is 0.250 e. The number of hydrogen-bond donors (Lipinski definition) is 1. The van der Waals surface area contributed by atoms with Crippen molar-refractivity contribution >= 4 is 34.4 Å². The van der Waals surface area contributed by atoms with Crippen molar-refractivity contribution in [2.24, 2.45) is 0 Å². The van der Waals surface area contributed by atoms with E-state index in [1.165, 1.54) is 16.9 Å². The fraction of sp³-hybridized carbons (Fsp3) is 0.348. The van der Waals surface area contributed by atoms with Crippen LogP contribution in [0.2, 0.25) is 0 Å². The highest BCUT2D eigenvalue weighted by Gasteiger charge is 2.24. The predicted octanol–water partition coefficient (Wildman–Crippen LogP) is 4.28. The molecule has 1 aromatic carbocycles. The third-order valence-corrected chi connectivity index (χ3v) is 6.20. The molecule has 1 saturated heterocycles. The molecule has 1 aliphatic carbocycles. The van der Waals surface area contributed by atoms with Crippen LogP contribution in [0, 0.1) is 13.8 Å². The Morgan fingerprint density at radius 2 is 2.00 bits per heavy atom. The second-order valence-electron chi connectivity index (χ2n) is 7.70. The molecule has 0 bridgehead atoms. The fourth-order valence-corrected chi connectivity index (χ4v) is 4.59.